The lowest BCUT2D eigenvalue weighted by Gasteiger charge is -2.13. The standard InChI is InChI=1S/C15H21NO6.2C10H17NO3.C8H13NO3/c1-10(17)9-12(14(19)21-3)7-5-6-8-13(15(20)22-4)16-11(2)18;2*1-7(2)5-6-9(10(13)14-4)11-8(3)12;1-4-5-7(8(11)12-3)9-6(2)10/h5-6,12-13H,4,7-9H2,1-3H3;2*5,9H,6H2,1-4H3,(H,11,12);4,7H,1,5H2,2-3H3,(H,9,10)/p+1/t12-,13+;2*9-;7-/m1000/s1. The Morgan fingerprint density at radius 1 is 0.484 bits per heavy atom. The van der Waals surface area contributed by atoms with Gasteiger partial charge in [-0.25, -0.2) is 14.4 Å². The van der Waals surface area contributed by atoms with Gasteiger partial charge in [-0.3, -0.25) is 28.4 Å². The van der Waals surface area contributed by atoms with Crippen molar-refractivity contribution in [2.45, 2.75) is 125 Å². The molecule has 4 N–H and O–H groups in total. The highest BCUT2D eigenvalue weighted by molar-refractivity contribution is 5.85. The van der Waals surface area contributed by atoms with E-state index in [0.717, 1.165) is 11.1 Å². The lowest BCUT2D eigenvalue weighted by Crippen LogP contribution is -2.40. The number of ketones is 1. The fourth-order valence-electron chi connectivity index (χ4n) is 4.51. The highest BCUT2D eigenvalue weighted by Gasteiger charge is 2.28. The molecule has 0 unspecified atom stereocenters. The van der Waals surface area contributed by atoms with Gasteiger partial charge in [-0.15, -0.1) is 6.58 Å². The number of ether oxygens (including phenoxy) is 4. The van der Waals surface area contributed by atoms with E-state index in [-0.39, 0.29) is 42.3 Å². The summed E-state index contributed by atoms with van der Waals surface area (Å²) in [6.45, 7) is 21.0. The molecule has 0 radical (unpaired) electrons. The minimum Gasteiger partial charge on any atom is -0.469 e. The van der Waals surface area contributed by atoms with Crippen molar-refractivity contribution in [2.75, 3.05) is 28.4 Å². The first-order chi connectivity index (χ1) is 28.9. The van der Waals surface area contributed by atoms with Gasteiger partial charge in [-0.2, -0.15) is 0 Å². The molecule has 0 spiro atoms. The van der Waals surface area contributed by atoms with Gasteiger partial charge in [0.25, 0.3) is 0 Å². The third-order valence-electron chi connectivity index (χ3n) is 7.35. The van der Waals surface area contributed by atoms with Crippen LogP contribution >= 0.6 is 0 Å². The first-order valence-corrected chi connectivity index (χ1v) is 19.2. The Kier molecular flexibility index (Phi) is 37.9. The molecular weight excluding hydrogens is 812 g/mol. The Morgan fingerprint density at radius 2 is 0.806 bits per heavy atom. The predicted molar refractivity (Wildman–Crippen MR) is 231 cm³/mol. The van der Waals surface area contributed by atoms with Gasteiger partial charge in [0.15, 0.2) is 12.8 Å². The maximum Gasteiger partial charge on any atom is 0.602 e. The van der Waals surface area contributed by atoms with Gasteiger partial charge >= 0.3 is 29.8 Å². The number of rotatable bonds is 21. The molecule has 0 bridgehead atoms. The summed E-state index contributed by atoms with van der Waals surface area (Å²) in [4.78, 5) is 111. The molecule has 19 nitrogen and oxygen atoms in total. The summed E-state index contributed by atoms with van der Waals surface area (Å²) in [5.74, 6) is -4.17. The van der Waals surface area contributed by atoms with E-state index in [2.05, 4.69) is 58.0 Å². The molecule has 350 valence electrons. The number of Topliss-reactive ketones (excluding diaryl/α,β-unsaturated/α-hetero) is 1. The number of methoxy groups -OCH3 is 4. The predicted octanol–water partition coefficient (Wildman–Crippen LogP) is 2.77. The monoisotopic (exact) mass is 881 g/mol. The zero-order valence-corrected chi connectivity index (χ0v) is 38.6. The van der Waals surface area contributed by atoms with E-state index >= 15 is 0 Å². The number of amides is 4. The summed E-state index contributed by atoms with van der Waals surface area (Å²) in [6, 6.07) is -2.60. The molecule has 0 rings (SSSR count). The minimum atomic E-state index is -0.837. The fraction of sp³-hybridized carbons (Fsp3) is 0.558. The maximum absolute atomic E-state index is 11.5. The van der Waals surface area contributed by atoms with Gasteiger partial charge in [0.2, 0.25) is 23.6 Å². The van der Waals surface area contributed by atoms with E-state index in [9.17, 15) is 47.9 Å². The largest absolute Gasteiger partial charge is 0.602 e. The minimum absolute atomic E-state index is 0.0903. The number of hydrogen-bond acceptors (Lipinski definition) is 14. The van der Waals surface area contributed by atoms with Gasteiger partial charge in [0.05, 0.1) is 39.2 Å². The third kappa shape index (κ3) is 36.8. The molecule has 0 aromatic rings. The number of hydrogen-bond donors (Lipinski definition) is 4. The second kappa shape index (κ2) is 37.7. The van der Waals surface area contributed by atoms with Crippen LogP contribution in [0.4, 0.5) is 0 Å². The van der Waals surface area contributed by atoms with E-state index < -0.39 is 59.9 Å². The molecule has 0 aliphatic rings. The van der Waals surface area contributed by atoms with E-state index in [1.807, 2.05) is 39.8 Å². The van der Waals surface area contributed by atoms with E-state index in [1.165, 1.54) is 63.1 Å². The smallest absolute Gasteiger partial charge is 0.469 e. The molecular formula is C43H69N4O15+. The van der Waals surface area contributed by atoms with Crippen LogP contribution in [0.15, 0.2) is 48.1 Å². The summed E-state index contributed by atoms with van der Waals surface area (Å²) in [7, 11) is 5.15. The lowest BCUT2D eigenvalue weighted by molar-refractivity contribution is -0.371. The maximum atomic E-state index is 11.5. The molecule has 0 aliphatic heterocycles. The summed E-state index contributed by atoms with van der Waals surface area (Å²) >= 11 is 0. The SMILES string of the molecule is C=CC[C@H](NC(C)=O)C(=O)OC.C=[O+]C(=O)[C@H](CC=CC[C@H](CC(C)=O)C(=O)OC)NC(C)=O.COC(=O)[C@H](CC=C(C)C)NC(C)=O.COC(=O)[C@H](CC=C(C)C)NC(C)=O. The van der Waals surface area contributed by atoms with Crippen LogP contribution < -0.4 is 21.3 Å². The average molecular weight is 882 g/mol. The van der Waals surface area contributed by atoms with Crippen molar-refractivity contribution in [3.63, 3.8) is 0 Å². The number of carbonyl (C=O) groups is 10. The molecule has 0 aliphatic carbocycles. The van der Waals surface area contributed by atoms with Crippen LogP contribution in [0.25, 0.3) is 0 Å². The lowest BCUT2D eigenvalue weighted by atomic mass is 9.98. The Labute approximate surface area is 365 Å². The van der Waals surface area contributed by atoms with E-state index in [4.69, 9.17) is 0 Å². The molecule has 0 aromatic heterocycles. The Balaban J connectivity index is -0.000000373. The summed E-state index contributed by atoms with van der Waals surface area (Å²) in [5, 5.41) is 9.94. The first kappa shape index (κ1) is 62.4. The molecule has 62 heavy (non-hydrogen) atoms. The van der Waals surface area contributed by atoms with Crippen molar-refractivity contribution in [2.24, 2.45) is 5.92 Å². The third-order valence-corrected chi connectivity index (χ3v) is 7.35. The summed E-state index contributed by atoms with van der Waals surface area (Å²) in [5.41, 5.74) is 2.20. The van der Waals surface area contributed by atoms with Crippen molar-refractivity contribution in [3.8, 4) is 0 Å². The van der Waals surface area contributed by atoms with Crippen LogP contribution in [0.2, 0.25) is 0 Å². The number of carbonyl (C=O) groups excluding carboxylic acids is 11. The topological polar surface area (TPSA) is 267 Å². The van der Waals surface area contributed by atoms with Crippen LogP contribution in [-0.4, -0.2) is 119 Å². The van der Waals surface area contributed by atoms with Crippen molar-refractivity contribution < 1.29 is 71.3 Å². The summed E-state index contributed by atoms with van der Waals surface area (Å²) < 4.78 is 22.6. The van der Waals surface area contributed by atoms with Crippen LogP contribution in [0, 0.1) is 5.92 Å². The normalized spacial score (nSPS) is 12.1. The molecule has 0 heterocycles. The van der Waals surface area contributed by atoms with Crippen LogP contribution in [0.1, 0.15) is 101 Å². The van der Waals surface area contributed by atoms with Gasteiger partial charge in [0, 0.05) is 40.5 Å². The zero-order chi connectivity index (χ0) is 49.0. The molecule has 5 atom stereocenters. The molecule has 19 heteroatoms. The van der Waals surface area contributed by atoms with E-state index in [0.29, 0.717) is 25.7 Å². The molecule has 0 saturated carbocycles. The highest BCUT2D eigenvalue weighted by atomic mass is 16.5. The number of esters is 4. The second-order valence-electron chi connectivity index (χ2n) is 13.7. The van der Waals surface area contributed by atoms with Crippen LogP contribution in [0.5, 0.6) is 0 Å². The van der Waals surface area contributed by atoms with Crippen molar-refractivity contribution in [1.82, 2.24) is 21.3 Å². The van der Waals surface area contributed by atoms with Gasteiger partial charge in [-0.1, -0.05) is 41.5 Å². The Hall–Kier alpha value is -6.27. The molecule has 0 fully saturated rings. The van der Waals surface area contributed by atoms with Crippen molar-refractivity contribution in [3.05, 3.63) is 48.1 Å². The quantitative estimate of drug-likeness (QED) is 0.0559. The van der Waals surface area contributed by atoms with Gasteiger partial charge in [0.1, 0.15) is 23.9 Å². The Morgan fingerprint density at radius 3 is 1.08 bits per heavy atom. The summed E-state index contributed by atoms with van der Waals surface area (Å²) in [6.07, 6.45) is 10.5. The Bertz CT molecular complexity index is 1540. The van der Waals surface area contributed by atoms with Crippen LogP contribution in [-0.2, 0) is 71.3 Å². The van der Waals surface area contributed by atoms with Crippen molar-refractivity contribution in [1.29, 1.82) is 0 Å². The van der Waals surface area contributed by atoms with Gasteiger partial charge < -0.3 is 45.0 Å². The van der Waals surface area contributed by atoms with Crippen LogP contribution in [0.3, 0.4) is 0 Å². The van der Waals surface area contributed by atoms with Gasteiger partial charge in [-0.05, 0) is 60.3 Å². The zero-order valence-electron chi connectivity index (χ0n) is 38.6. The highest BCUT2D eigenvalue weighted by Crippen LogP contribution is 2.13. The fourth-order valence-corrected chi connectivity index (χ4v) is 4.51. The van der Waals surface area contributed by atoms with E-state index in [1.54, 1.807) is 18.2 Å². The number of nitrogens with one attached hydrogen (secondary N) is 4. The van der Waals surface area contributed by atoms with Crippen molar-refractivity contribution >= 4 is 66.0 Å². The average Bonchev–Trinajstić information content (AvgIpc) is 3.19. The first-order valence-electron chi connectivity index (χ1n) is 19.2. The molecule has 0 aromatic carbocycles. The molecule has 0 saturated heterocycles. The second-order valence-corrected chi connectivity index (χ2v) is 13.7. The molecule has 4 amide bonds. The number of allylic oxidation sites excluding steroid dienone is 3.